The van der Waals surface area contributed by atoms with E-state index in [0.29, 0.717) is 29.8 Å². The number of nitrogens with zero attached hydrogens (tertiary/aromatic N) is 1. The molecule has 0 bridgehead atoms. The first kappa shape index (κ1) is 19.5. The Morgan fingerprint density at radius 3 is 2.56 bits per heavy atom. The summed E-state index contributed by atoms with van der Waals surface area (Å²) in [5.41, 5.74) is 1.63. The molecule has 1 amide bonds. The summed E-state index contributed by atoms with van der Waals surface area (Å²) in [7, 11) is -3.60. The van der Waals surface area contributed by atoms with E-state index in [4.69, 9.17) is 0 Å². The lowest BCUT2D eigenvalue weighted by molar-refractivity contribution is 0.0950. The second-order valence-corrected chi connectivity index (χ2v) is 8.69. The van der Waals surface area contributed by atoms with Crippen LogP contribution in [0.2, 0.25) is 0 Å². The number of aryl methyl sites for hydroxylation is 1. The zero-order valence-electron chi connectivity index (χ0n) is 15.2. The topological polar surface area (TPSA) is 66.5 Å². The van der Waals surface area contributed by atoms with E-state index >= 15 is 0 Å². The zero-order valence-corrected chi connectivity index (χ0v) is 16.1. The fraction of sp³-hybridized carbons (Fsp3) is 0.350. The molecule has 144 valence electrons. The molecule has 0 radical (unpaired) electrons. The predicted octanol–water partition coefficient (Wildman–Crippen LogP) is 3.24. The Hall–Kier alpha value is -2.25. The highest BCUT2D eigenvalue weighted by Crippen LogP contribution is 2.23. The van der Waals surface area contributed by atoms with Crippen molar-refractivity contribution in [3.63, 3.8) is 0 Å². The number of nitrogens with one attached hydrogen (secondary N) is 1. The highest BCUT2D eigenvalue weighted by atomic mass is 32.2. The quantitative estimate of drug-likeness (QED) is 0.852. The van der Waals surface area contributed by atoms with Crippen molar-refractivity contribution >= 4 is 15.9 Å². The molecule has 0 atom stereocenters. The Morgan fingerprint density at radius 1 is 1.11 bits per heavy atom. The molecule has 1 heterocycles. The summed E-state index contributed by atoms with van der Waals surface area (Å²) < 4.78 is 40.4. The molecule has 27 heavy (non-hydrogen) atoms. The molecule has 7 heteroatoms. The molecule has 0 unspecified atom stereocenters. The van der Waals surface area contributed by atoms with Crippen LogP contribution in [0.4, 0.5) is 4.39 Å². The van der Waals surface area contributed by atoms with Crippen LogP contribution in [0.5, 0.6) is 0 Å². The number of sulfonamides is 1. The summed E-state index contributed by atoms with van der Waals surface area (Å²) in [6.45, 7) is 2.95. The summed E-state index contributed by atoms with van der Waals surface area (Å²) >= 11 is 0. The summed E-state index contributed by atoms with van der Waals surface area (Å²) in [4.78, 5) is 12.7. The largest absolute Gasteiger partial charge is 0.348 e. The van der Waals surface area contributed by atoms with E-state index in [-0.39, 0.29) is 23.2 Å². The Kier molecular flexibility index (Phi) is 5.92. The minimum absolute atomic E-state index is 0.130. The van der Waals surface area contributed by atoms with Gasteiger partial charge in [0.2, 0.25) is 10.0 Å². The standard InChI is InChI=1S/C20H23FN2O3S/c1-15-8-9-18(27(25,26)23-10-3-2-4-11-23)13-19(15)20(24)22-14-16-6-5-7-17(21)12-16/h5-9,12-13H,2-4,10-11,14H2,1H3,(H,22,24). The monoisotopic (exact) mass is 390 g/mol. The number of hydrogen-bond donors (Lipinski definition) is 1. The van der Waals surface area contributed by atoms with Crippen LogP contribution in [0.15, 0.2) is 47.4 Å². The van der Waals surface area contributed by atoms with Crippen LogP contribution in [0, 0.1) is 12.7 Å². The van der Waals surface area contributed by atoms with Gasteiger partial charge in [0.15, 0.2) is 0 Å². The van der Waals surface area contributed by atoms with Gasteiger partial charge < -0.3 is 5.32 Å². The summed E-state index contributed by atoms with van der Waals surface area (Å²) in [5, 5.41) is 2.73. The lowest BCUT2D eigenvalue weighted by Crippen LogP contribution is -2.35. The van der Waals surface area contributed by atoms with Crippen LogP contribution < -0.4 is 5.32 Å². The highest BCUT2D eigenvalue weighted by molar-refractivity contribution is 7.89. The van der Waals surface area contributed by atoms with E-state index in [0.717, 1.165) is 19.3 Å². The lowest BCUT2D eigenvalue weighted by Gasteiger charge is -2.26. The molecule has 0 aliphatic carbocycles. The lowest BCUT2D eigenvalue weighted by atomic mass is 10.1. The minimum atomic E-state index is -3.60. The van der Waals surface area contributed by atoms with E-state index in [9.17, 15) is 17.6 Å². The molecule has 5 nitrogen and oxygen atoms in total. The van der Waals surface area contributed by atoms with Crippen LogP contribution in [-0.2, 0) is 16.6 Å². The average molecular weight is 390 g/mol. The molecule has 1 saturated heterocycles. The Balaban J connectivity index is 1.79. The maximum atomic E-state index is 13.3. The van der Waals surface area contributed by atoms with E-state index in [1.807, 2.05) is 0 Å². The minimum Gasteiger partial charge on any atom is -0.348 e. The molecule has 1 N–H and O–H groups in total. The summed E-state index contributed by atoms with van der Waals surface area (Å²) in [6, 6.07) is 10.6. The van der Waals surface area contributed by atoms with E-state index in [1.165, 1.54) is 22.5 Å². The van der Waals surface area contributed by atoms with Gasteiger partial charge in [0, 0.05) is 25.2 Å². The normalized spacial score (nSPS) is 15.5. The molecule has 0 saturated carbocycles. The van der Waals surface area contributed by atoms with Gasteiger partial charge in [-0.25, -0.2) is 12.8 Å². The van der Waals surface area contributed by atoms with Crippen LogP contribution in [0.1, 0.15) is 40.7 Å². The smallest absolute Gasteiger partial charge is 0.251 e. The number of rotatable bonds is 5. The molecule has 1 aliphatic rings. The van der Waals surface area contributed by atoms with Gasteiger partial charge in [-0.2, -0.15) is 4.31 Å². The predicted molar refractivity (Wildman–Crippen MR) is 101 cm³/mol. The number of piperidine rings is 1. The van der Waals surface area contributed by atoms with Gasteiger partial charge in [-0.3, -0.25) is 4.79 Å². The van der Waals surface area contributed by atoms with E-state index < -0.39 is 10.0 Å². The Labute approximate surface area is 159 Å². The first-order valence-electron chi connectivity index (χ1n) is 9.01. The second kappa shape index (κ2) is 8.19. The molecule has 1 aliphatic heterocycles. The molecule has 2 aromatic rings. The number of carbonyl (C=O) groups excluding carboxylic acids is 1. The molecular weight excluding hydrogens is 367 g/mol. The Morgan fingerprint density at radius 2 is 1.85 bits per heavy atom. The van der Waals surface area contributed by atoms with Crippen molar-refractivity contribution in [1.82, 2.24) is 9.62 Å². The molecule has 3 rings (SSSR count). The molecule has 0 spiro atoms. The first-order valence-corrected chi connectivity index (χ1v) is 10.5. The number of hydrogen-bond acceptors (Lipinski definition) is 3. The van der Waals surface area contributed by atoms with Gasteiger partial charge in [0.1, 0.15) is 5.82 Å². The zero-order chi connectivity index (χ0) is 19.4. The summed E-state index contributed by atoms with van der Waals surface area (Å²) in [5.74, 6) is -0.750. The molecule has 2 aromatic carbocycles. The third kappa shape index (κ3) is 4.54. The Bertz CT molecular complexity index is 938. The number of carbonyl (C=O) groups is 1. The molecule has 1 fully saturated rings. The van der Waals surface area contributed by atoms with Crippen molar-refractivity contribution < 1.29 is 17.6 Å². The van der Waals surface area contributed by atoms with E-state index in [2.05, 4.69) is 5.32 Å². The van der Waals surface area contributed by atoms with Crippen LogP contribution in [-0.4, -0.2) is 31.7 Å². The van der Waals surface area contributed by atoms with Gasteiger partial charge in [-0.1, -0.05) is 24.6 Å². The van der Waals surface area contributed by atoms with Crippen molar-refractivity contribution in [2.75, 3.05) is 13.1 Å². The fourth-order valence-electron chi connectivity index (χ4n) is 3.19. The third-order valence-electron chi connectivity index (χ3n) is 4.75. The SMILES string of the molecule is Cc1ccc(S(=O)(=O)N2CCCCC2)cc1C(=O)NCc1cccc(F)c1. The molecule has 0 aromatic heterocycles. The average Bonchev–Trinajstić information content (AvgIpc) is 2.67. The number of amides is 1. The van der Waals surface area contributed by atoms with Gasteiger partial charge >= 0.3 is 0 Å². The van der Waals surface area contributed by atoms with Gasteiger partial charge in [-0.05, 0) is 55.2 Å². The van der Waals surface area contributed by atoms with Crippen molar-refractivity contribution in [2.24, 2.45) is 0 Å². The highest BCUT2D eigenvalue weighted by Gasteiger charge is 2.27. The van der Waals surface area contributed by atoms with E-state index in [1.54, 1.807) is 31.2 Å². The van der Waals surface area contributed by atoms with Crippen LogP contribution in [0.25, 0.3) is 0 Å². The van der Waals surface area contributed by atoms with Crippen molar-refractivity contribution in [2.45, 2.75) is 37.6 Å². The van der Waals surface area contributed by atoms with Crippen LogP contribution in [0.3, 0.4) is 0 Å². The van der Waals surface area contributed by atoms with Gasteiger partial charge in [0.25, 0.3) is 5.91 Å². The summed E-state index contributed by atoms with van der Waals surface area (Å²) in [6.07, 6.45) is 2.74. The van der Waals surface area contributed by atoms with Gasteiger partial charge in [-0.15, -0.1) is 0 Å². The van der Waals surface area contributed by atoms with Crippen LogP contribution >= 0.6 is 0 Å². The van der Waals surface area contributed by atoms with Crippen molar-refractivity contribution in [3.8, 4) is 0 Å². The number of benzene rings is 2. The molecular formula is C20H23FN2O3S. The van der Waals surface area contributed by atoms with Crippen molar-refractivity contribution in [3.05, 3.63) is 65.0 Å². The first-order chi connectivity index (χ1) is 12.9. The fourth-order valence-corrected chi connectivity index (χ4v) is 4.73. The maximum Gasteiger partial charge on any atom is 0.251 e. The maximum absolute atomic E-state index is 13.3. The van der Waals surface area contributed by atoms with Crippen molar-refractivity contribution in [1.29, 1.82) is 0 Å². The second-order valence-electron chi connectivity index (χ2n) is 6.75. The third-order valence-corrected chi connectivity index (χ3v) is 6.64. The number of halogens is 1. The van der Waals surface area contributed by atoms with Gasteiger partial charge in [0.05, 0.1) is 4.90 Å².